The molecule has 32 heavy (non-hydrogen) atoms. The molecule has 1 N–H and O–H groups in total. The van der Waals surface area contributed by atoms with Gasteiger partial charge in [0, 0.05) is 24.9 Å². The number of nitrogens with zero attached hydrogens (tertiary/aromatic N) is 2. The molecule has 0 radical (unpaired) electrons. The molecule has 0 aliphatic carbocycles. The predicted molar refractivity (Wildman–Crippen MR) is 126 cm³/mol. The van der Waals surface area contributed by atoms with Crippen molar-refractivity contribution in [3.63, 3.8) is 0 Å². The van der Waals surface area contributed by atoms with Crippen LogP contribution in [0.4, 0.5) is 9.80 Å². The summed E-state index contributed by atoms with van der Waals surface area (Å²) in [6.07, 6.45) is 1.46. The number of carbonyl (C=O) groups excluding carboxylic acids is 2. The Kier molecular flexibility index (Phi) is 6.85. The first-order valence-electron chi connectivity index (χ1n) is 10.8. The molecule has 1 saturated heterocycles. The van der Waals surface area contributed by atoms with Gasteiger partial charge < -0.3 is 15.0 Å². The minimum absolute atomic E-state index is 0.0300. The molecule has 1 aliphatic heterocycles. The van der Waals surface area contributed by atoms with E-state index < -0.39 is 0 Å². The molecule has 2 amide bonds. The predicted octanol–water partition coefficient (Wildman–Crippen LogP) is 5.15. The summed E-state index contributed by atoms with van der Waals surface area (Å²) in [5.41, 5.74) is 2.67. The third-order valence-electron chi connectivity index (χ3n) is 5.96. The van der Waals surface area contributed by atoms with Crippen LogP contribution in [0.3, 0.4) is 0 Å². The lowest BCUT2D eigenvalue weighted by Crippen LogP contribution is -2.46. The molecule has 166 valence electrons. The zero-order valence-corrected chi connectivity index (χ0v) is 18.9. The van der Waals surface area contributed by atoms with Gasteiger partial charge in [-0.2, -0.15) is 4.37 Å². The van der Waals surface area contributed by atoms with Crippen LogP contribution in [0, 0.1) is 6.92 Å². The summed E-state index contributed by atoms with van der Waals surface area (Å²) in [7, 11) is 0. The van der Waals surface area contributed by atoms with Gasteiger partial charge in [-0.05, 0) is 48.5 Å². The van der Waals surface area contributed by atoms with Gasteiger partial charge in [-0.3, -0.25) is 4.79 Å². The van der Waals surface area contributed by atoms with Crippen LogP contribution in [0.15, 0.2) is 66.7 Å². The highest BCUT2D eigenvalue weighted by atomic mass is 32.1. The number of aryl methyl sites for hydroxylation is 1. The van der Waals surface area contributed by atoms with E-state index in [0.29, 0.717) is 32.4 Å². The first-order chi connectivity index (χ1) is 15.5. The van der Waals surface area contributed by atoms with E-state index in [-0.39, 0.29) is 24.0 Å². The lowest BCUT2D eigenvalue weighted by atomic mass is 9.70. The van der Waals surface area contributed by atoms with Crippen LogP contribution in [0.2, 0.25) is 0 Å². The van der Waals surface area contributed by atoms with Gasteiger partial charge in [0.2, 0.25) is 5.91 Å². The number of rotatable bonds is 6. The lowest BCUT2D eigenvalue weighted by molar-refractivity contribution is -0.117. The third-order valence-corrected chi connectivity index (χ3v) is 6.76. The molecule has 0 saturated carbocycles. The fourth-order valence-corrected chi connectivity index (χ4v) is 4.88. The third kappa shape index (κ3) is 5.34. The van der Waals surface area contributed by atoms with Crippen molar-refractivity contribution in [2.24, 2.45) is 0 Å². The molecule has 1 fully saturated rings. The quantitative estimate of drug-likeness (QED) is 0.565. The standard InChI is InChI=1S/C25H27N3O3S/c1-19-16-23(32-27-19)26-22(29)17-25(21-10-6-3-7-11-21)12-14-28(15-13-25)24(30)31-18-20-8-4-2-5-9-20/h2-11,16H,12-15,17-18H2,1H3,(H,26,29). The van der Waals surface area contributed by atoms with Gasteiger partial charge in [0.15, 0.2) is 0 Å². The van der Waals surface area contributed by atoms with E-state index >= 15 is 0 Å². The van der Waals surface area contributed by atoms with E-state index in [2.05, 4.69) is 21.8 Å². The van der Waals surface area contributed by atoms with Crippen molar-refractivity contribution in [3.8, 4) is 0 Å². The fourth-order valence-electron chi connectivity index (χ4n) is 4.20. The van der Waals surface area contributed by atoms with E-state index in [1.807, 2.05) is 61.5 Å². The monoisotopic (exact) mass is 449 g/mol. The summed E-state index contributed by atoms with van der Waals surface area (Å²) in [6, 6.07) is 21.7. The van der Waals surface area contributed by atoms with Crippen LogP contribution < -0.4 is 5.32 Å². The van der Waals surface area contributed by atoms with Gasteiger partial charge in [-0.15, -0.1) is 0 Å². The van der Waals surface area contributed by atoms with Crippen LogP contribution in [0.25, 0.3) is 0 Å². The number of piperidine rings is 1. The van der Waals surface area contributed by atoms with E-state index in [9.17, 15) is 9.59 Å². The number of carbonyl (C=O) groups is 2. The number of likely N-dealkylation sites (tertiary alicyclic amines) is 1. The van der Waals surface area contributed by atoms with Crippen LogP contribution >= 0.6 is 11.5 Å². The normalized spacial score (nSPS) is 15.2. The number of amides is 2. The number of benzene rings is 2. The Morgan fingerprint density at radius 3 is 2.34 bits per heavy atom. The second kappa shape index (κ2) is 9.96. The minimum atomic E-state index is -0.318. The van der Waals surface area contributed by atoms with Crippen molar-refractivity contribution in [2.45, 2.75) is 38.2 Å². The highest BCUT2D eigenvalue weighted by Crippen LogP contribution is 2.39. The maximum absolute atomic E-state index is 12.9. The molecule has 3 aromatic rings. The van der Waals surface area contributed by atoms with Crippen LogP contribution in [-0.2, 0) is 21.6 Å². The molecule has 6 nitrogen and oxygen atoms in total. The number of hydrogen-bond acceptors (Lipinski definition) is 5. The Morgan fingerprint density at radius 1 is 1.06 bits per heavy atom. The maximum Gasteiger partial charge on any atom is 0.410 e. The molecular weight excluding hydrogens is 422 g/mol. The highest BCUT2D eigenvalue weighted by Gasteiger charge is 2.39. The van der Waals surface area contributed by atoms with Crippen molar-refractivity contribution in [2.75, 3.05) is 18.4 Å². The van der Waals surface area contributed by atoms with Crippen LogP contribution in [-0.4, -0.2) is 34.4 Å². The van der Waals surface area contributed by atoms with Gasteiger partial charge in [0.05, 0.1) is 5.69 Å². The maximum atomic E-state index is 12.9. The second-order valence-corrected chi connectivity index (χ2v) is 9.04. The summed E-state index contributed by atoms with van der Waals surface area (Å²) in [5, 5.41) is 3.75. The zero-order valence-electron chi connectivity index (χ0n) is 18.1. The number of anilines is 1. The Morgan fingerprint density at radius 2 is 1.72 bits per heavy atom. The van der Waals surface area contributed by atoms with E-state index in [1.54, 1.807) is 4.90 Å². The van der Waals surface area contributed by atoms with Crippen LogP contribution in [0.1, 0.15) is 36.1 Å². The first-order valence-corrected chi connectivity index (χ1v) is 11.6. The topological polar surface area (TPSA) is 71.5 Å². The number of ether oxygens (including phenoxy) is 1. The lowest BCUT2D eigenvalue weighted by Gasteiger charge is -2.41. The van der Waals surface area contributed by atoms with Gasteiger partial charge in [-0.1, -0.05) is 60.7 Å². The summed E-state index contributed by atoms with van der Waals surface area (Å²) < 4.78 is 9.74. The molecule has 0 atom stereocenters. The SMILES string of the molecule is Cc1cc(NC(=O)CC2(c3ccccc3)CCN(C(=O)OCc3ccccc3)CC2)sn1. The Hall–Kier alpha value is -3.19. The average molecular weight is 450 g/mol. The average Bonchev–Trinajstić information content (AvgIpc) is 3.23. The van der Waals surface area contributed by atoms with Gasteiger partial charge >= 0.3 is 6.09 Å². The fraction of sp³-hybridized carbons (Fsp3) is 0.320. The first kappa shape index (κ1) is 22.0. The van der Waals surface area contributed by atoms with Crippen molar-refractivity contribution in [1.29, 1.82) is 0 Å². The zero-order chi connectivity index (χ0) is 22.4. The van der Waals surface area contributed by atoms with Crippen molar-refractivity contribution in [1.82, 2.24) is 9.27 Å². The Bertz CT molecular complexity index is 1040. The molecule has 0 spiro atoms. The minimum Gasteiger partial charge on any atom is -0.445 e. The molecule has 4 rings (SSSR count). The smallest absolute Gasteiger partial charge is 0.410 e. The molecular formula is C25H27N3O3S. The van der Waals surface area contributed by atoms with E-state index in [0.717, 1.165) is 21.8 Å². The largest absolute Gasteiger partial charge is 0.445 e. The highest BCUT2D eigenvalue weighted by molar-refractivity contribution is 7.10. The molecule has 7 heteroatoms. The number of aromatic nitrogens is 1. The van der Waals surface area contributed by atoms with E-state index in [1.165, 1.54) is 11.5 Å². The van der Waals surface area contributed by atoms with Crippen molar-refractivity contribution in [3.05, 3.63) is 83.6 Å². The van der Waals surface area contributed by atoms with Crippen molar-refractivity contribution < 1.29 is 14.3 Å². The summed E-state index contributed by atoms with van der Waals surface area (Å²) in [4.78, 5) is 27.3. The number of nitrogens with one attached hydrogen (secondary N) is 1. The molecule has 0 unspecified atom stereocenters. The van der Waals surface area contributed by atoms with E-state index in [4.69, 9.17) is 4.74 Å². The van der Waals surface area contributed by atoms with Gasteiger partial charge in [0.1, 0.15) is 11.6 Å². The van der Waals surface area contributed by atoms with Gasteiger partial charge in [-0.25, -0.2) is 4.79 Å². The van der Waals surface area contributed by atoms with Crippen LogP contribution in [0.5, 0.6) is 0 Å². The molecule has 1 aromatic heterocycles. The summed E-state index contributed by atoms with van der Waals surface area (Å²) >= 11 is 1.29. The Balaban J connectivity index is 1.41. The molecule has 2 heterocycles. The summed E-state index contributed by atoms with van der Waals surface area (Å²) in [5.74, 6) is -0.0300. The molecule has 0 bridgehead atoms. The Labute approximate surface area is 192 Å². The number of hydrogen-bond donors (Lipinski definition) is 1. The van der Waals surface area contributed by atoms with Crippen molar-refractivity contribution >= 4 is 28.5 Å². The summed E-state index contributed by atoms with van der Waals surface area (Å²) in [6.45, 7) is 3.27. The molecule has 1 aliphatic rings. The van der Waals surface area contributed by atoms with Gasteiger partial charge in [0.25, 0.3) is 0 Å². The molecule has 2 aromatic carbocycles. The second-order valence-electron chi connectivity index (χ2n) is 8.23.